The number of benzene rings is 1. The van der Waals surface area contributed by atoms with Crippen LogP contribution < -0.4 is 0 Å². The molecule has 0 aliphatic heterocycles. The number of hydrogen-bond acceptors (Lipinski definition) is 1. The number of halogens is 2. The van der Waals surface area contributed by atoms with Gasteiger partial charge >= 0.3 is 0 Å². The Morgan fingerprint density at radius 3 is 2.67 bits per heavy atom. The zero-order chi connectivity index (χ0) is 8.55. The first-order chi connectivity index (χ1) is 5.75. The lowest BCUT2D eigenvalue weighted by Crippen LogP contribution is -1.77. The van der Waals surface area contributed by atoms with Crippen LogP contribution in [0.3, 0.4) is 0 Å². The van der Waals surface area contributed by atoms with Crippen LogP contribution in [-0.2, 0) is 0 Å². The minimum absolute atomic E-state index is 0.766. The molecule has 12 heavy (non-hydrogen) atoms. The van der Waals surface area contributed by atoms with Crippen molar-refractivity contribution >= 4 is 35.0 Å². The highest BCUT2D eigenvalue weighted by molar-refractivity contribution is 8.00. The molecule has 64 valence electrons. The van der Waals surface area contributed by atoms with Crippen molar-refractivity contribution in [3.8, 4) is 0 Å². The van der Waals surface area contributed by atoms with Gasteiger partial charge in [0.2, 0.25) is 0 Å². The summed E-state index contributed by atoms with van der Waals surface area (Å²) in [6.07, 6.45) is 2.63. The average Bonchev–Trinajstić information content (AvgIpc) is 2.81. The van der Waals surface area contributed by atoms with Crippen LogP contribution in [0, 0.1) is 0 Å². The summed E-state index contributed by atoms with van der Waals surface area (Å²) in [6, 6.07) is 5.61. The largest absolute Gasteiger partial charge is 0.121 e. The zero-order valence-corrected chi connectivity index (χ0v) is 8.72. The van der Waals surface area contributed by atoms with Gasteiger partial charge in [-0.05, 0) is 31.0 Å². The maximum Gasteiger partial charge on any atom is 0.0542 e. The molecule has 1 aromatic rings. The first kappa shape index (κ1) is 8.74. The third-order valence-electron chi connectivity index (χ3n) is 1.71. The second-order valence-corrected chi connectivity index (χ2v) is 5.08. The van der Waals surface area contributed by atoms with Gasteiger partial charge in [0.05, 0.1) is 5.02 Å². The van der Waals surface area contributed by atoms with Gasteiger partial charge in [0.1, 0.15) is 0 Å². The topological polar surface area (TPSA) is 0 Å². The van der Waals surface area contributed by atoms with E-state index in [1.807, 2.05) is 30.0 Å². The molecule has 1 fully saturated rings. The predicted molar refractivity (Wildman–Crippen MR) is 55.3 cm³/mol. The minimum Gasteiger partial charge on any atom is -0.121 e. The summed E-state index contributed by atoms with van der Waals surface area (Å²) in [4.78, 5) is 1.12. The Hall–Kier alpha value is 0.150. The Kier molecular flexibility index (Phi) is 2.54. The Labute approximate surface area is 86.3 Å². The lowest BCUT2D eigenvalue weighted by atomic mass is 10.4. The van der Waals surface area contributed by atoms with E-state index >= 15 is 0 Å². The quantitative estimate of drug-likeness (QED) is 0.716. The van der Waals surface area contributed by atoms with E-state index in [0.717, 1.165) is 20.2 Å². The van der Waals surface area contributed by atoms with Crippen LogP contribution in [0.1, 0.15) is 12.8 Å². The van der Waals surface area contributed by atoms with Gasteiger partial charge in [0.15, 0.2) is 0 Å². The highest BCUT2D eigenvalue weighted by Gasteiger charge is 2.23. The Bertz CT molecular complexity index is 295. The van der Waals surface area contributed by atoms with E-state index in [-0.39, 0.29) is 0 Å². The summed E-state index contributed by atoms with van der Waals surface area (Å²) in [5.41, 5.74) is 0. The third kappa shape index (κ3) is 2.09. The molecule has 0 atom stereocenters. The van der Waals surface area contributed by atoms with E-state index in [2.05, 4.69) is 0 Å². The molecule has 0 saturated heterocycles. The van der Waals surface area contributed by atoms with Crippen molar-refractivity contribution in [3.63, 3.8) is 0 Å². The van der Waals surface area contributed by atoms with Crippen molar-refractivity contribution in [2.45, 2.75) is 23.0 Å². The van der Waals surface area contributed by atoms with Gasteiger partial charge < -0.3 is 0 Å². The molecule has 1 saturated carbocycles. The summed E-state index contributed by atoms with van der Waals surface area (Å²) in [7, 11) is 0. The zero-order valence-electron chi connectivity index (χ0n) is 6.39. The van der Waals surface area contributed by atoms with Crippen molar-refractivity contribution < 1.29 is 0 Å². The van der Waals surface area contributed by atoms with Gasteiger partial charge in [0.25, 0.3) is 0 Å². The van der Waals surface area contributed by atoms with Gasteiger partial charge in [-0.15, -0.1) is 11.8 Å². The Morgan fingerprint density at radius 1 is 1.25 bits per heavy atom. The highest BCUT2D eigenvalue weighted by atomic mass is 35.5. The molecule has 0 unspecified atom stereocenters. The SMILES string of the molecule is Clc1ccc(Cl)c(SC2CC2)c1. The first-order valence-electron chi connectivity index (χ1n) is 3.87. The van der Waals surface area contributed by atoms with E-state index in [4.69, 9.17) is 23.2 Å². The summed E-state index contributed by atoms with van der Waals surface area (Å²) < 4.78 is 0. The average molecular weight is 219 g/mol. The number of thioether (sulfide) groups is 1. The molecular weight excluding hydrogens is 211 g/mol. The molecule has 1 aromatic carbocycles. The summed E-state index contributed by atoms with van der Waals surface area (Å²) >= 11 is 13.7. The lowest BCUT2D eigenvalue weighted by molar-refractivity contribution is 1.42. The van der Waals surface area contributed by atoms with E-state index < -0.39 is 0 Å². The maximum absolute atomic E-state index is 5.99. The molecule has 0 radical (unpaired) electrons. The second kappa shape index (κ2) is 3.49. The van der Waals surface area contributed by atoms with Crippen LogP contribution in [-0.4, -0.2) is 5.25 Å². The molecule has 0 N–H and O–H groups in total. The lowest BCUT2D eigenvalue weighted by Gasteiger charge is -2.02. The van der Waals surface area contributed by atoms with Crippen LogP contribution >= 0.6 is 35.0 Å². The molecule has 0 heterocycles. The Morgan fingerprint density at radius 2 is 2.00 bits per heavy atom. The monoisotopic (exact) mass is 218 g/mol. The fourth-order valence-electron chi connectivity index (χ4n) is 0.933. The molecule has 3 heteroatoms. The van der Waals surface area contributed by atoms with Crippen LogP contribution in [0.4, 0.5) is 0 Å². The first-order valence-corrected chi connectivity index (χ1v) is 5.51. The normalized spacial score (nSPS) is 16.5. The molecule has 2 rings (SSSR count). The van der Waals surface area contributed by atoms with Crippen molar-refractivity contribution in [3.05, 3.63) is 28.2 Å². The molecule has 0 aromatic heterocycles. The fraction of sp³-hybridized carbons (Fsp3) is 0.333. The van der Waals surface area contributed by atoms with E-state index in [1.165, 1.54) is 12.8 Å². The predicted octanol–water partition coefficient (Wildman–Crippen LogP) is 4.25. The van der Waals surface area contributed by atoms with Gasteiger partial charge in [-0.25, -0.2) is 0 Å². The smallest absolute Gasteiger partial charge is 0.0542 e. The van der Waals surface area contributed by atoms with Crippen molar-refractivity contribution in [1.29, 1.82) is 0 Å². The van der Waals surface area contributed by atoms with E-state index in [0.29, 0.717) is 0 Å². The van der Waals surface area contributed by atoms with Crippen molar-refractivity contribution in [2.75, 3.05) is 0 Å². The standard InChI is InChI=1S/C9H8Cl2S/c10-6-1-4-8(11)9(5-6)12-7-2-3-7/h1,4-5,7H,2-3H2. The van der Waals surface area contributed by atoms with Gasteiger partial charge in [0, 0.05) is 15.2 Å². The molecule has 1 aliphatic rings. The number of rotatable bonds is 2. The number of hydrogen-bond donors (Lipinski definition) is 0. The third-order valence-corrected chi connectivity index (χ3v) is 3.78. The Balaban J connectivity index is 2.21. The van der Waals surface area contributed by atoms with E-state index in [1.54, 1.807) is 0 Å². The molecule has 0 bridgehead atoms. The second-order valence-electron chi connectivity index (χ2n) is 2.89. The minimum atomic E-state index is 0.766. The van der Waals surface area contributed by atoms with Gasteiger partial charge in [-0.2, -0.15) is 0 Å². The summed E-state index contributed by atoms with van der Waals surface area (Å²) in [5, 5.41) is 2.36. The van der Waals surface area contributed by atoms with Crippen molar-refractivity contribution in [1.82, 2.24) is 0 Å². The van der Waals surface area contributed by atoms with Crippen LogP contribution in [0.5, 0.6) is 0 Å². The van der Waals surface area contributed by atoms with Crippen LogP contribution in [0.15, 0.2) is 23.1 Å². The molecule has 0 spiro atoms. The molecule has 0 nitrogen and oxygen atoms in total. The fourth-order valence-corrected chi connectivity index (χ4v) is 2.53. The molecule has 1 aliphatic carbocycles. The van der Waals surface area contributed by atoms with E-state index in [9.17, 15) is 0 Å². The maximum atomic E-state index is 5.99. The van der Waals surface area contributed by atoms with Crippen LogP contribution in [0.2, 0.25) is 10.0 Å². The van der Waals surface area contributed by atoms with Gasteiger partial charge in [-0.1, -0.05) is 23.2 Å². The molecule has 0 amide bonds. The molecular formula is C9H8Cl2S. The van der Waals surface area contributed by atoms with Crippen LogP contribution in [0.25, 0.3) is 0 Å². The summed E-state index contributed by atoms with van der Waals surface area (Å²) in [5.74, 6) is 0. The van der Waals surface area contributed by atoms with Gasteiger partial charge in [-0.3, -0.25) is 0 Å². The highest BCUT2D eigenvalue weighted by Crippen LogP contribution is 2.42. The summed E-state index contributed by atoms with van der Waals surface area (Å²) in [6.45, 7) is 0. The van der Waals surface area contributed by atoms with Crippen molar-refractivity contribution in [2.24, 2.45) is 0 Å².